The molecule has 0 atom stereocenters. The SMILES string of the molecule is [B]c1ccc(Nc2nc3cc(Oc4ccnc(C(=O)NCCCN5CCCC5)c4)ccc3n2C)cc1. The van der Waals surface area contributed by atoms with E-state index in [0.717, 1.165) is 29.7 Å². The van der Waals surface area contributed by atoms with Crippen LogP contribution in [0.2, 0.25) is 0 Å². The van der Waals surface area contributed by atoms with Gasteiger partial charge in [-0.05, 0) is 69.2 Å². The van der Waals surface area contributed by atoms with Crippen LogP contribution in [0.5, 0.6) is 11.5 Å². The van der Waals surface area contributed by atoms with Gasteiger partial charge < -0.3 is 24.8 Å². The van der Waals surface area contributed by atoms with E-state index < -0.39 is 0 Å². The third kappa shape index (κ3) is 5.68. The smallest absolute Gasteiger partial charge is 0.270 e. The molecule has 0 aliphatic carbocycles. The first-order valence-corrected chi connectivity index (χ1v) is 12.3. The third-order valence-corrected chi connectivity index (χ3v) is 6.35. The van der Waals surface area contributed by atoms with Crippen LogP contribution in [0.25, 0.3) is 11.0 Å². The lowest BCUT2D eigenvalue weighted by atomic mass is 9.96. The Morgan fingerprint density at radius 1 is 1.06 bits per heavy atom. The van der Waals surface area contributed by atoms with Crippen LogP contribution in [0.3, 0.4) is 0 Å². The molecule has 4 aromatic rings. The summed E-state index contributed by atoms with van der Waals surface area (Å²) in [7, 11) is 7.73. The summed E-state index contributed by atoms with van der Waals surface area (Å²) in [6.45, 7) is 3.98. The Labute approximate surface area is 212 Å². The molecule has 1 aliphatic rings. The summed E-state index contributed by atoms with van der Waals surface area (Å²) in [6, 6.07) is 16.6. The molecular weight excluding hydrogens is 451 g/mol. The summed E-state index contributed by atoms with van der Waals surface area (Å²) in [5, 5.41) is 6.27. The molecule has 1 amide bonds. The van der Waals surface area contributed by atoms with Crippen molar-refractivity contribution in [1.29, 1.82) is 0 Å². The van der Waals surface area contributed by atoms with E-state index in [0.29, 0.717) is 35.1 Å². The number of anilines is 2. The first-order valence-electron chi connectivity index (χ1n) is 12.3. The lowest BCUT2D eigenvalue weighted by Crippen LogP contribution is -2.29. The number of likely N-dealkylation sites (tertiary alicyclic amines) is 1. The van der Waals surface area contributed by atoms with E-state index in [9.17, 15) is 4.79 Å². The van der Waals surface area contributed by atoms with Crippen LogP contribution in [0.4, 0.5) is 11.6 Å². The minimum atomic E-state index is -0.194. The van der Waals surface area contributed by atoms with Gasteiger partial charge in [0.25, 0.3) is 5.91 Å². The average Bonchev–Trinajstić information content (AvgIpc) is 3.51. The van der Waals surface area contributed by atoms with Gasteiger partial charge in [-0.25, -0.2) is 4.98 Å². The third-order valence-electron chi connectivity index (χ3n) is 6.35. The summed E-state index contributed by atoms with van der Waals surface area (Å²) in [5.74, 6) is 1.69. The minimum Gasteiger partial charge on any atom is -0.457 e. The second kappa shape index (κ2) is 10.8. The molecule has 0 saturated carbocycles. The molecule has 2 aromatic heterocycles. The molecule has 2 aromatic carbocycles. The maximum atomic E-state index is 12.6. The topological polar surface area (TPSA) is 84.3 Å². The zero-order valence-corrected chi connectivity index (χ0v) is 20.4. The highest BCUT2D eigenvalue weighted by Gasteiger charge is 2.13. The fourth-order valence-electron chi connectivity index (χ4n) is 4.39. The van der Waals surface area contributed by atoms with Gasteiger partial charge in [0.05, 0.1) is 11.0 Å². The summed E-state index contributed by atoms with van der Waals surface area (Å²) in [5.41, 5.74) is 3.70. The number of amides is 1. The van der Waals surface area contributed by atoms with Crippen LogP contribution >= 0.6 is 0 Å². The Hall–Kier alpha value is -3.85. The number of nitrogens with one attached hydrogen (secondary N) is 2. The van der Waals surface area contributed by atoms with Gasteiger partial charge in [0.15, 0.2) is 0 Å². The highest BCUT2D eigenvalue weighted by molar-refractivity contribution is 6.32. The number of ether oxygens (including phenoxy) is 1. The number of imidazole rings is 1. The normalized spacial score (nSPS) is 13.7. The molecule has 0 bridgehead atoms. The number of carbonyl (C=O) groups excluding carboxylic acids is 1. The molecule has 3 heterocycles. The van der Waals surface area contributed by atoms with Crippen molar-refractivity contribution in [1.82, 2.24) is 24.8 Å². The molecule has 1 fully saturated rings. The molecule has 1 saturated heterocycles. The lowest BCUT2D eigenvalue weighted by molar-refractivity contribution is 0.0946. The second-order valence-electron chi connectivity index (χ2n) is 9.03. The van der Waals surface area contributed by atoms with E-state index in [2.05, 4.69) is 20.5 Å². The van der Waals surface area contributed by atoms with Crippen molar-refractivity contribution in [2.24, 2.45) is 7.05 Å². The first-order chi connectivity index (χ1) is 17.5. The standard InChI is InChI=1S/C27H29BN6O2/c1-33-25-10-9-21(17-23(25)32-27(33)31-20-7-5-19(28)6-8-20)36-22-11-13-29-24(18-22)26(35)30-12-4-16-34-14-2-3-15-34/h5-11,13,17-18H,2-4,12,14-16H2,1H3,(H,30,35)(H,31,32). The highest BCUT2D eigenvalue weighted by Crippen LogP contribution is 2.28. The van der Waals surface area contributed by atoms with Gasteiger partial charge in [0.1, 0.15) is 25.0 Å². The van der Waals surface area contributed by atoms with Gasteiger partial charge in [-0.1, -0.05) is 17.6 Å². The number of hydrogen-bond donors (Lipinski definition) is 2. The average molecular weight is 480 g/mol. The second-order valence-corrected chi connectivity index (χ2v) is 9.03. The zero-order chi connectivity index (χ0) is 24.9. The predicted octanol–water partition coefficient (Wildman–Crippen LogP) is 3.51. The molecule has 36 heavy (non-hydrogen) atoms. The van der Waals surface area contributed by atoms with E-state index >= 15 is 0 Å². The number of hydrogen-bond acceptors (Lipinski definition) is 6. The number of aromatic nitrogens is 3. The van der Waals surface area contributed by atoms with Crippen molar-refractivity contribution in [2.75, 3.05) is 31.5 Å². The maximum absolute atomic E-state index is 12.6. The lowest BCUT2D eigenvalue weighted by Gasteiger charge is -2.14. The van der Waals surface area contributed by atoms with Crippen LogP contribution in [-0.2, 0) is 7.05 Å². The quantitative estimate of drug-likeness (QED) is 0.282. The molecule has 2 radical (unpaired) electrons. The van der Waals surface area contributed by atoms with E-state index in [1.807, 2.05) is 54.1 Å². The van der Waals surface area contributed by atoms with Crippen LogP contribution < -0.4 is 20.8 Å². The van der Waals surface area contributed by atoms with Crippen molar-refractivity contribution in [2.45, 2.75) is 19.3 Å². The van der Waals surface area contributed by atoms with Crippen molar-refractivity contribution in [3.8, 4) is 11.5 Å². The van der Waals surface area contributed by atoms with Crippen LogP contribution in [0.15, 0.2) is 60.8 Å². The number of nitrogens with zero attached hydrogens (tertiary/aromatic N) is 4. The fraction of sp³-hybridized carbons (Fsp3) is 0.296. The molecule has 0 unspecified atom stereocenters. The van der Waals surface area contributed by atoms with Gasteiger partial charge in [-0.2, -0.15) is 0 Å². The maximum Gasteiger partial charge on any atom is 0.270 e. The summed E-state index contributed by atoms with van der Waals surface area (Å²) >= 11 is 0. The monoisotopic (exact) mass is 480 g/mol. The number of aryl methyl sites for hydroxylation is 1. The van der Waals surface area contributed by atoms with Gasteiger partial charge in [-0.3, -0.25) is 9.78 Å². The van der Waals surface area contributed by atoms with E-state index in [4.69, 9.17) is 17.6 Å². The largest absolute Gasteiger partial charge is 0.457 e. The Kier molecular flexibility index (Phi) is 7.18. The van der Waals surface area contributed by atoms with Crippen molar-refractivity contribution >= 4 is 41.9 Å². The van der Waals surface area contributed by atoms with Crippen LogP contribution in [0, 0.1) is 0 Å². The summed E-state index contributed by atoms with van der Waals surface area (Å²) in [6.07, 6.45) is 5.07. The summed E-state index contributed by atoms with van der Waals surface area (Å²) < 4.78 is 8.02. The molecule has 1 aliphatic heterocycles. The number of fused-ring (bicyclic) bond motifs is 1. The molecule has 5 rings (SSSR count). The Morgan fingerprint density at radius 3 is 2.64 bits per heavy atom. The molecule has 9 heteroatoms. The van der Waals surface area contributed by atoms with Crippen molar-refractivity contribution < 1.29 is 9.53 Å². The van der Waals surface area contributed by atoms with E-state index in [1.165, 1.54) is 25.9 Å². The number of benzene rings is 2. The molecule has 0 spiro atoms. The Balaban J connectivity index is 1.22. The first kappa shape index (κ1) is 23.9. The molecular formula is C27H29BN6O2. The highest BCUT2D eigenvalue weighted by atomic mass is 16.5. The Morgan fingerprint density at radius 2 is 1.83 bits per heavy atom. The van der Waals surface area contributed by atoms with Crippen LogP contribution in [-0.4, -0.2) is 59.4 Å². The Bertz CT molecular complexity index is 1350. The minimum absolute atomic E-state index is 0.194. The van der Waals surface area contributed by atoms with Crippen molar-refractivity contribution in [3.63, 3.8) is 0 Å². The number of pyridine rings is 1. The van der Waals surface area contributed by atoms with E-state index in [-0.39, 0.29) is 5.91 Å². The van der Waals surface area contributed by atoms with Gasteiger partial charge >= 0.3 is 0 Å². The van der Waals surface area contributed by atoms with Gasteiger partial charge in [0.2, 0.25) is 5.95 Å². The van der Waals surface area contributed by atoms with E-state index in [1.54, 1.807) is 18.3 Å². The number of carbonyl (C=O) groups is 1. The summed E-state index contributed by atoms with van der Waals surface area (Å²) in [4.78, 5) is 23.9. The van der Waals surface area contributed by atoms with Gasteiger partial charge in [0, 0.05) is 37.6 Å². The molecule has 2 N–H and O–H groups in total. The number of rotatable bonds is 9. The molecule has 182 valence electrons. The fourth-order valence-corrected chi connectivity index (χ4v) is 4.39. The molecule has 8 nitrogen and oxygen atoms in total. The predicted molar refractivity (Wildman–Crippen MR) is 143 cm³/mol. The zero-order valence-electron chi connectivity index (χ0n) is 20.4. The van der Waals surface area contributed by atoms with Crippen molar-refractivity contribution in [3.05, 3.63) is 66.5 Å². The van der Waals surface area contributed by atoms with Crippen LogP contribution in [0.1, 0.15) is 29.8 Å². The van der Waals surface area contributed by atoms with Gasteiger partial charge in [-0.15, -0.1) is 0 Å².